The van der Waals surface area contributed by atoms with Crippen LogP contribution in [0.3, 0.4) is 0 Å². The molecule has 0 radical (unpaired) electrons. The van der Waals surface area contributed by atoms with Crippen LogP contribution in [0.2, 0.25) is 0 Å². The molecule has 1 aliphatic rings. The first-order valence-electron chi connectivity index (χ1n) is 6.79. The van der Waals surface area contributed by atoms with E-state index in [-0.39, 0.29) is 11.0 Å². The smallest absolute Gasteiger partial charge is 0.0714 e. The van der Waals surface area contributed by atoms with E-state index in [0.29, 0.717) is 0 Å². The van der Waals surface area contributed by atoms with Gasteiger partial charge in [0.05, 0.1) is 17.4 Å². The monoisotopic (exact) mass is 252 g/mol. The summed E-state index contributed by atoms with van der Waals surface area (Å²) in [4.78, 5) is 4.24. The number of nitrogens with one attached hydrogen (secondary N) is 1. The lowest BCUT2D eigenvalue weighted by Gasteiger charge is -2.43. The number of nitrogens with zero attached hydrogens (tertiary/aromatic N) is 1. The number of fused-ring (bicyclic) bond motifs is 1. The lowest BCUT2D eigenvalue weighted by Crippen LogP contribution is -2.45. The Balaban J connectivity index is 2.13. The van der Waals surface area contributed by atoms with E-state index in [1.807, 2.05) is 12.4 Å². The molecule has 1 aromatic heterocycles. The van der Waals surface area contributed by atoms with Crippen molar-refractivity contribution >= 4 is 5.69 Å². The average Bonchev–Trinajstić information content (AvgIpc) is 2.80. The third-order valence-corrected chi connectivity index (χ3v) is 4.26. The maximum atomic E-state index is 4.24. The van der Waals surface area contributed by atoms with Crippen LogP contribution < -0.4 is 5.32 Å². The van der Waals surface area contributed by atoms with Gasteiger partial charge in [0.15, 0.2) is 0 Å². The molecular formula is C17H20N2. The normalized spacial score (nSPS) is 21.8. The molecule has 2 heteroatoms. The van der Waals surface area contributed by atoms with Crippen LogP contribution in [-0.4, -0.2) is 4.98 Å². The van der Waals surface area contributed by atoms with Gasteiger partial charge >= 0.3 is 0 Å². The second-order valence-electron chi connectivity index (χ2n) is 6.36. The number of anilines is 1. The number of hydrogen-bond acceptors (Lipinski definition) is 2. The fraction of sp³-hybridized carbons (Fsp3) is 0.353. The van der Waals surface area contributed by atoms with Crippen LogP contribution in [0.25, 0.3) is 0 Å². The van der Waals surface area contributed by atoms with E-state index in [9.17, 15) is 0 Å². The highest BCUT2D eigenvalue weighted by Crippen LogP contribution is 2.49. The fourth-order valence-corrected chi connectivity index (χ4v) is 3.03. The molecule has 2 nitrogen and oxygen atoms in total. The minimum absolute atomic E-state index is 0.0559. The first-order valence-corrected chi connectivity index (χ1v) is 6.79. The number of aromatic nitrogens is 1. The van der Waals surface area contributed by atoms with Crippen molar-refractivity contribution < 1.29 is 0 Å². The van der Waals surface area contributed by atoms with E-state index in [1.54, 1.807) is 0 Å². The molecule has 0 amide bonds. The van der Waals surface area contributed by atoms with E-state index >= 15 is 0 Å². The molecular weight excluding hydrogens is 232 g/mol. The summed E-state index contributed by atoms with van der Waals surface area (Å²) >= 11 is 0. The van der Waals surface area contributed by atoms with Crippen LogP contribution in [0.5, 0.6) is 0 Å². The first-order chi connectivity index (χ1) is 9.03. The van der Waals surface area contributed by atoms with Crippen molar-refractivity contribution in [1.82, 2.24) is 4.98 Å². The number of benzene rings is 1. The van der Waals surface area contributed by atoms with Gasteiger partial charge in [0.1, 0.15) is 0 Å². The van der Waals surface area contributed by atoms with E-state index in [4.69, 9.17) is 0 Å². The molecule has 1 aliphatic heterocycles. The van der Waals surface area contributed by atoms with Crippen LogP contribution in [0.15, 0.2) is 48.8 Å². The standard InChI is InChI=1S/C17H20N2/c1-16(2,3)17(14-7-5-4-6-8-14)11-13-9-10-18-12-15(13)19-17/h4-10,12,19H,11H2,1-3H3. The first kappa shape index (κ1) is 12.2. The van der Waals surface area contributed by atoms with Crippen molar-refractivity contribution in [2.45, 2.75) is 32.7 Å². The summed E-state index contributed by atoms with van der Waals surface area (Å²) in [7, 11) is 0. The average molecular weight is 252 g/mol. The Kier molecular flexibility index (Phi) is 2.63. The Bertz CT molecular complexity index is 557. The summed E-state index contributed by atoms with van der Waals surface area (Å²) in [5.74, 6) is 0. The van der Waals surface area contributed by atoms with Gasteiger partial charge in [-0.3, -0.25) is 4.98 Å². The van der Waals surface area contributed by atoms with Gasteiger partial charge in [-0.15, -0.1) is 0 Å². The van der Waals surface area contributed by atoms with Gasteiger partial charge in [0.25, 0.3) is 0 Å². The molecule has 0 bridgehead atoms. The summed E-state index contributed by atoms with van der Waals surface area (Å²) in [5.41, 5.74) is 3.93. The lowest BCUT2D eigenvalue weighted by atomic mass is 9.68. The largest absolute Gasteiger partial charge is 0.373 e. The third kappa shape index (κ3) is 1.83. The third-order valence-electron chi connectivity index (χ3n) is 4.26. The SMILES string of the molecule is CC(C)(C)C1(c2ccccc2)Cc2ccncc2N1. The van der Waals surface area contributed by atoms with Crippen molar-refractivity contribution in [3.8, 4) is 0 Å². The molecule has 0 spiro atoms. The zero-order chi connectivity index (χ0) is 13.5. The Labute approximate surface area is 114 Å². The second kappa shape index (κ2) is 4.09. The highest BCUT2D eigenvalue weighted by molar-refractivity contribution is 5.60. The summed E-state index contributed by atoms with van der Waals surface area (Å²) in [5, 5.41) is 3.74. The van der Waals surface area contributed by atoms with Gasteiger partial charge < -0.3 is 5.32 Å². The van der Waals surface area contributed by atoms with Crippen molar-refractivity contribution in [2.75, 3.05) is 5.32 Å². The molecule has 0 fully saturated rings. The summed E-state index contributed by atoms with van der Waals surface area (Å²) in [6.07, 6.45) is 4.83. The Morgan fingerprint density at radius 1 is 1.11 bits per heavy atom. The van der Waals surface area contributed by atoms with Gasteiger partial charge in [-0.25, -0.2) is 0 Å². The summed E-state index contributed by atoms with van der Waals surface area (Å²) in [6, 6.07) is 12.9. The maximum absolute atomic E-state index is 4.24. The highest BCUT2D eigenvalue weighted by Gasteiger charge is 2.47. The molecule has 98 valence electrons. The molecule has 0 saturated carbocycles. The number of pyridine rings is 1. The van der Waals surface area contributed by atoms with Crippen LogP contribution in [0.4, 0.5) is 5.69 Å². The quantitative estimate of drug-likeness (QED) is 0.830. The van der Waals surface area contributed by atoms with E-state index in [2.05, 4.69) is 67.5 Å². The Morgan fingerprint density at radius 2 is 1.84 bits per heavy atom. The number of hydrogen-bond donors (Lipinski definition) is 1. The zero-order valence-corrected chi connectivity index (χ0v) is 11.8. The molecule has 2 heterocycles. The summed E-state index contributed by atoms with van der Waals surface area (Å²) in [6.45, 7) is 6.89. The van der Waals surface area contributed by atoms with Crippen LogP contribution in [0.1, 0.15) is 31.9 Å². The van der Waals surface area contributed by atoms with Crippen molar-refractivity contribution in [3.05, 3.63) is 59.9 Å². The van der Waals surface area contributed by atoms with Gasteiger partial charge in [-0.2, -0.15) is 0 Å². The van der Waals surface area contributed by atoms with E-state index < -0.39 is 0 Å². The molecule has 1 N–H and O–H groups in total. The predicted octanol–water partition coefficient (Wildman–Crippen LogP) is 3.99. The van der Waals surface area contributed by atoms with Gasteiger partial charge in [0, 0.05) is 12.6 Å². The van der Waals surface area contributed by atoms with Crippen LogP contribution in [0, 0.1) is 5.41 Å². The molecule has 1 aromatic carbocycles. The highest BCUT2D eigenvalue weighted by atomic mass is 15.0. The zero-order valence-electron chi connectivity index (χ0n) is 11.8. The van der Waals surface area contributed by atoms with Crippen molar-refractivity contribution in [3.63, 3.8) is 0 Å². The van der Waals surface area contributed by atoms with Crippen molar-refractivity contribution in [2.24, 2.45) is 5.41 Å². The second-order valence-corrected chi connectivity index (χ2v) is 6.36. The minimum Gasteiger partial charge on any atom is -0.373 e. The topological polar surface area (TPSA) is 24.9 Å². The molecule has 0 saturated heterocycles. The molecule has 0 aliphatic carbocycles. The molecule has 3 rings (SSSR count). The van der Waals surface area contributed by atoms with Crippen LogP contribution in [-0.2, 0) is 12.0 Å². The molecule has 1 atom stereocenters. The van der Waals surface area contributed by atoms with Crippen LogP contribution >= 0.6 is 0 Å². The van der Waals surface area contributed by atoms with Gasteiger partial charge in [-0.05, 0) is 22.6 Å². The van der Waals surface area contributed by atoms with Gasteiger partial charge in [0.2, 0.25) is 0 Å². The van der Waals surface area contributed by atoms with E-state index in [1.165, 1.54) is 16.8 Å². The predicted molar refractivity (Wildman–Crippen MR) is 79.1 cm³/mol. The maximum Gasteiger partial charge on any atom is 0.0714 e. The molecule has 19 heavy (non-hydrogen) atoms. The molecule has 1 unspecified atom stereocenters. The fourth-order valence-electron chi connectivity index (χ4n) is 3.03. The minimum atomic E-state index is -0.0559. The lowest BCUT2D eigenvalue weighted by molar-refractivity contribution is 0.221. The molecule has 2 aromatic rings. The van der Waals surface area contributed by atoms with Gasteiger partial charge in [-0.1, -0.05) is 51.1 Å². The Morgan fingerprint density at radius 3 is 2.47 bits per heavy atom. The van der Waals surface area contributed by atoms with Crippen molar-refractivity contribution in [1.29, 1.82) is 0 Å². The Hall–Kier alpha value is -1.83. The number of rotatable bonds is 1. The van der Waals surface area contributed by atoms with E-state index in [0.717, 1.165) is 6.42 Å². The summed E-state index contributed by atoms with van der Waals surface area (Å²) < 4.78 is 0.